The smallest absolute Gasteiger partial charge is 0.262 e. The molecular weight excluding hydrogens is 424 g/mol. The Labute approximate surface area is 191 Å². The quantitative estimate of drug-likeness (QED) is 0.595. The number of benzene rings is 1. The maximum atomic E-state index is 13.2. The van der Waals surface area contributed by atoms with Gasteiger partial charge in [0.05, 0.1) is 16.9 Å². The molecule has 1 unspecified atom stereocenters. The fourth-order valence-corrected chi connectivity index (χ4v) is 4.51. The first-order chi connectivity index (χ1) is 15.4. The molecule has 1 fully saturated rings. The van der Waals surface area contributed by atoms with Crippen LogP contribution in [0.5, 0.6) is 0 Å². The Morgan fingerprint density at radius 3 is 2.53 bits per heavy atom. The number of rotatable bonds is 6. The average Bonchev–Trinajstić information content (AvgIpc) is 3.32. The molecule has 0 aliphatic carbocycles. The van der Waals surface area contributed by atoms with Crippen molar-refractivity contribution >= 4 is 39.9 Å². The highest BCUT2D eigenvalue weighted by Crippen LogP contribution is 2.18. The second-order valence-electron chi connectivity index (χ2n) is 8.32. The topological polar surface area (TPSA) is 104 Å². The monoisotopic (exact) mass is 452 g/mol. The van der Waals surface area contributed by atoms with E-state index >= 15 is 0 Å². The molecule has 9 heteroatoms. The zero-order chi connectivity index (χ0) is 22.7. The van der Waals surface area contributed by atoms with Crippen molar-refractivity contribution in [1.29, 1.82) is 0 Å². The average molecular weight is 453 g/mol. The predicted octanol–water partition coefficient (Wildman–Crippen LogP) is 2.37. The van der Waals surface area contributed by atoms with Crippen molar-refractivity contribution in [1.82, 2.24) is 25.1 Å². The summed E-state index contributed by atoms with van der Waals surface area (Å²) in [6, 6.07) is 10.8. The maximum absolute atomic E-state index is 13.2. The molecule has 1 atom stereocenters. The van der Waals surface area contributed by atoms with Gasteiger partial charge in [0.1, 0.15) is 17.7 Å². The molecule has 0 radical (unpaired) electrons. The van der Waals surface area contributed by atoms with Crippen molar-refractivity contribution in [3.8, 4) is 0 Å². The fourth-order valence-electron chi connectivity index (χ4n) is 3.88. The molecule has 2 amide bonds. The standard InChI is InChI=1S/C23H28N6O2S/c1-15(2)20(27-22(30)18-8-5-13-32-18)23(31)29-11-9-28(10-12-29)14-19-25-17-7-4-3-6-16(17)21(24)26-19/h3-8,13,15,20H,9-12,14H2,1-2H3,(H,27,30)(H2,24,25,26). The minimum atomic E-state index is -0.542. The van der Waals surface area contributed by atoms with Crippen LogP contribution in [0.3, 0.4) is 0 Å². The van der Waals surface area contributed by atoms with Gasteiger partial charge in [-0.15, -0.1) is 11.3 Å². The predicted molar refractivity (Wildman–Crippen MR) is 126 cm³/mol. The van der Waals surface area contributed by atoms with E-state index in [1.165, 1.54) is 11.3 Å². The molecule has 1 saturated heterocycles. The number of nitrogen functional groups attached to an aromatic ring is 1. The zero-order valence-electron chi connectivity index (χ0n) is 18.3. The van der Waals surface area contributed by atoms with Crippen molar-refractivity contribution in [3.63, 3.8) is 0 Å². The minimum absolute atomic E-state index is 0.00147. The Morgan fingerprint density at radius 2 is 1.84 bits per heavy atom. The summed E-state index contributed by atoms with van der Waals surface area (Å²) in [5.74, 6) is 0.941. The molecule has 168 valence electrons. The molecule has 1 aromatic carbocycles. The third-order valence-corrected chi connectivity index (χ3v) is 6.56. The lowest BCUT2D eigenvalue weighted by molar-refractivity contribution is -0.136. The van der Waals surface area contributed by atoms with Crippen LogP contribution in [0.4, 0.5) is 5.82 Å². The lowest BCUT2D eigenvalue weighted by Gasteiger charge is -2.37. The van der Waals surface area contributed by atoms with Gasteiger partial charge in [0.25, 0.3) is 5.91 Å². The highest BCUT2D eigenvalue weighted by molar-refractivity contribution is 7.12. The van der Waals surface area contributed by atoms with E-state index in [1.807, 2.05) is 54.5 Å². The van der Waals surface area contributed by atoms with Crippen LogP contribution in [-0.2, 0) is 11.3 Å². The molecule has 4 rings (SSSR count). The van der Waals surface area contributed by atoms with E-state index in [4.69, 9.17) is 5.73 Å². The van der Waals surface area contributed by atoms with E-state index in [1.54, 1.807) is 6.07 Å². The summed E-state index contributed by atoms with van der Waals surface area (Å²) in [6.07, 6.45) is 0. The maximum Gasteiger partial charge on any atom is 0.262 e. The van der Waals surface area contributed by atoms with Crippen LogP contribution in [0.25, 0.3) is 10.9 Å². The molecule has 0 spiro atoms. The van der Waals surface area contributed by atoms with Crippen LogP contribution >= 0.6 is 11.3 Å². The summed E-state index contributed by atoms with van der Waals surface area (Å²) in [7, 11) is 0. The number of carbonyl (C=O) groups excluding carboxylic acids is 2. The van der Waals surface area contributed by atoms with Crippen molar-refractivity contribution < 1.29 is 9.59 Å². The van der Waals surface area contributed by atoms with Crippen LogP contribution in [-0.4, -0.2) is 63.8 Å². The number of hydrogen-bond acceptors (Lipinski definition) is 7. The van der Waals surface area contributed by atoms with E-state index in [-0.39, 0.29) is 17.7 Å². The second-order valence-corrected chi connectivity index (χ2v) is 9.26. The lowest BCUT2D eigenvalue weighted by atomic mass is 10.0. The van der Waals surface area contributed by atoms with Gasteiger partial charge in [-0.1, -0.05) is 32.0 Å². The Morgan fingerprint density at radius 1 is 1.09 bits per heavy atom. The van der Waals surface area contributed by atoms with Gasteiger partial charge < -0.3 is 16.0 Å². The number of nitrogens with one attached hydrogen (secondary N) is 1. The summed E-state index contributed by atoms with van der Waals surface area (Å²) in [5, 5.41) is 5.63. The first kappa shape index (κ1) is 22.2. The number of fused-ring (bicyclic) bond motifs is 1. The van der Waals surface area contributed by atoms with Gasteiger partial charge >= 0.3 is 0 Å². The number of hydrogen-bond donors (Lipinski definition) is 2. The zero-order valence-corrected chi connectivity index (χ0v) is 19.1. The number of anilines is 1. The highest BCUT2D eigenvalue weighted by atomic mass is 32.1. The van der Waals surface area contributed by atoms with Crippen molar-refractivity contribution in [3.05, 3.63) is 52.5 Å². The summed E-state index contributed by atoms with van der Waals surface area (Å²) in [4.78, 5) is 39.4. The summed E-state index contributed by atoms with van der Waals surface area (Å²) < 4.78 is 0. The number of piperazine rings is 1. The SMILES string of the molecule is CC(C)C(NC(=O)c1cccs1)C(=O)N1CCN(Cc2nc(N)c3ccccc3n2)CC1. The largest absolute Gasteiger partial charge is 0.383 e. The molecule has 0 saturated carbocycles. The molecule has 1 aliphatic rings. The van der Waals surface area contributed by atoms with E-state index in [0.29, 0.717) is 49.2 Å². The molecule has 3 heterocycles. The van der Waals surface area contributed by atoms with E-state index in [0.717, 1.165) is 10.9 Å². The molecular formula is C23H28N6O2S. The molecule has 32 heavy (non-hydrogen) atoms. The molecule has 8 nitrogen and oxygen atoms in total. The van der Waals surface area contributed by atoms with Gasteiger partial charge in [0.15, 0.2) is 0 Å². The van der Waals surface area contributed by atoms with Gasteiger partial charge in [0, 0.05) is 31.6 Å². The van der Waals surface area contributed by atoms with E-state index < -0.39 is 6.04 Å². The van der Waals surface area contributed by atoms with Crippen molar-refractivity contribution in [2.45, 2.75) is 26.4 Å². The molecule has 3 aromatic rings. The van der Waals surface area contributed by atoms with Crippen LogP contribution in [0.15, 0.2) is 41.8 Å². The van der Waals surface area contributed by atoms with Crippen LogP contribution in [0.1, 0.15) is 29.3 Å². The Balaban J connectivity index is 1.36. The molecule has 3 N–H and O–H groups in total. The molecule has 0 bridgehead atoms. The van der Waals surface area contributed by atoms with Crippen molar-refractivity contribution in [2.75, 3.05) is 31.9 Å². The summed E-state index contributed by atoms with van der Waals surface area (Å²) in [6.45, 7) is 7.11. The third-order valence-electron chi connectivity index (χ3n) is 5.69. The summed E-state index contributed by atoms with van der Waals surface area (Å²) >= 11 is 1.37. The first-order valence-corrected chi connectivity index (χ1v) is 11.7. The van der Waals surface area contributed by atoms with Crippen LogP contribution < -0.4 is 11.1 Å². The van der Waals surface area contributed by atoms with Gasteiger partial charge in [-0.2, -0.15) is 0 Å². The number of thiophene rings is 1. The third kappa shape index (κ3) is 4.89. The minimum Gasteiger partial charge on any atom is -0.383 e. The van der Waals surface area contributed by atoms with Crippen LogP contribution in [0.2, 0.25) is 0 Å². The fraction of sp³-hybridized carbons (Fsp3) is 0.391. The lowest BCUT2D eigenvalue weighted by Crippen LogP contribution is -2.56. The van der Waals surface area contributed by atoms with E-state index in [2.05, 4.69) is 20.2 Å². The number of para-hydroxylation sites is 1. The highest BCUT2D eigenvalue weighted by Gasteiger charge is 2.31. The normalized spacial score (nSPS) is 15.8. The van der Waals surface area contributed by atoms with Crippen molar-refractivity contribution in [2.24, 2.45) is 5.92 Å². The number of nitrogens with zero attached hydrogens (tertiary/aromatic N) is 4. The first-order valence-electron chi connectivity index (χ1n) is 10.8. The number of amides is 2. The van der Waals surface area contributed by atoms with Gasteiger partial charge in [-0.3, -0.25) is 14.5 Å². The Kier molecular flexibility index (Phi) is 6.66. The Hall–Kier alpha value is -3.04. The Bertz CT molecular complexity index is 1090. The van der Waals surface area contributed by atoms with Gasteiger partial charge in [-0.25, -0.2) is 9.97 Å². The number of carbonyl (C=O) groups is 2. The second kappa shape index (κ2) is 9.62. The molecule has 2 aromatic heterocycles. The van der Waals surface area contributed by atoms with Crippen LogP contribution in [0, 0.1) is 5.92 Å². The van der Waals surface area contributed by atoms with Gasteiger partial charge in [-0.05, 0) is 29.5 Å². The van der Waals surface area contributed by atoms with Gasteiger partial charge in [0.2, 0.25) is 5.91 Å². The number of aromatic nitrogens is 2. The number of nitrogens with two attached hydrogens (primary N) is 1. The summed E-state index contributed by atoms with van der Waals surface area (Å²) in [5.41, 5.74) is 6.94. The molecule has 1 aliphatic heterocycles. The van der Waals surface area contributed by atoms with E-state index in [9.17, 15) is 9.59 Å².